The molecule has 152 valence electrons. The minimum Gasteiger partial charge on any atom is -0.354 e. The van der Waals surface area contributed by atoms with Crippen molar-refractivity contribution < 1.29 is 18.0 Å². The molecule has 6 nitrogen and oxygen atoms in total. The third-order valence-electron chi connectivity index (χ3n) is 4.92. The second kappa shape index (κ2) is 8.49. The molecule has 1 aromatic heterocycles. The van der Waals surface area contributed by atoms with E-state index in [1.165, 1.54) is 6.07 Å². The monoisotopic (exact) mass is 403 g/mol. The number of benzene rings is 1. The molecule has 0 radical (unpaired) electrons. The van der Waals surface area contributed by atoms with E-state index in [0.29, 0.717) is 43.2 Å². The molecule has 1 saturated heterocycles. The van der Waals surface area contributed by atoms with Gasteiger partial charge in [0.2, 0.25) is 5.91 Å². The highest BCUT2D eigenvalue weighted by molar-refractivity contribution is 5.94. The zero-order valence-electron chi connectivity index (χ0n) is 15.8. The molecule has 1 N–H and O–H groups in total. The molecular formula is C20H20F3N5O. The number of carbonyl (C=O) groups is 1. The van der Waals surface area contributed by atoms with E-state index in [1.807, 2.05) is 22.8 Å². The second-order valence-electron chi connectivity index (χ2n) is 6.78. The Balaban J connectivity index is 1.54. The molecule has 0 aliphatic carbocycles. The van der Waals surface area contributed by atoms with Crippen LogP contribution >= 0.6 is 0 Å². The Kier molecular flexibility index (Phi) is 6.03. The maximum Gasteiger partial charge on any atom is 0.417 e. The van der Waals surface area contributed by atoms with Crippen LogP contribution in [0.15, 0.2) is 42.6 Å². The Morgan fingerprint density at radius 3 is 2.31 bits per heavy atom. The highest BCUT2D eigenvalue weighted by Gasteiger charge is 2.31. The van der Waals surface area contributed by atoms with Crippen LogP contribution in [0.4, 0.5) is 24.7 Å². The molecule has 1 aliphatic rings. The number of nitrogens with zero attached hydrogens (tertiary/aromatic N) is 4. The summed E-state index contributed by atoms with van der Waals surface area (Å²) in [6.45, 7) is 4.11. The van der Waals surface area contributed by atoms with Crippen molar-refractivity contribution in [3.8, 4) is 6.07 Å². The average Bonchev–Trinajstić information content (AvgIpc) is 2.73. The summed E-state index contributed by atoms with van der Waals surface area (Å²) in [5, 5.41) is 11.7. The molecule has 0 spiro atoms. The van der Waals surface area contributed by atoms with Gasteiger partial charge in [0.25, 0.3) is 0 Å². The molecule has 2 aromatic rings. The number of aromatic nitrogens is 1. The summed E-state index contributed by atoms with van der Waals surface area (Å²) in [4.78, 5) is 20.3. The number of pyridine rings is 1. The van der Waals surface area contributed by atoms with Gasteiger partial charge in [0, 0.05) is 38.1 Å². The largest absolute Gasteiger partial charge is 0.417 e. The Labute approximate surface area is 166 Å². The van der Waals surface area contributed by atoms with Gasteiger partial charge >= 0.3 is 6.18 Å². The van der Waals surface area contributed by atoms with Gasteiger partial charge in [-0.25, -0.2) is 4.98 Å². The number of nitriles is 1. The van der Waals surface area contributed by atoms with Crippen LogP contribution < -0.4 is 10.2 Å². The van der Waals surface area contributed by atoms with Crippen molar-refractivity contribution in [1.29, 1.82) is 5.26 Å². The van der Waals surface area contributed by atoms with Crippen LogP contribution in [0.1, 0.15) is 18.1 Å². The first kappa shape index (κ1) is 20.6. The van der Waals surface area contributed by atoms with Gasteiger partial charge < -0.3 is 10.2 Å². The van der Waals surface area contributed by atoms with Gasteiger partial charge in [0.15, 0.2) is 0 Å². The SMILES string of the molecule is C[C@H](C(=O)Nc1ccc(C#N)cc1)N1CCN(c2ccc(C(F)(F)F)cn2)CC1. The van der Waals surface area contributed by atoms with E-state index in [1.54, 1.807) is 24.3 Å². The van der Waals surface area contributed by atoms with Gasteiger partial charge in [-0.1, -0.05) is 0 Å². The number of halogens is 3. The number of piperazine rings is 1. The molecule has 0 unspecified atom stereocenters. The molecule has 3 rings (SSSR count). The lowest BCUT2D eigenvalue weighted by atomic mass is 10.2. The third-order valence-corrected chi connectivity index (χ3v) is 4.92. The van der Waals surface area contributed by atoms with Crippen LogP contribution in [-0.2, 0) is 11.0 Å². The number of anilines is 2. The number of rotatable bonds is 4. The highest BCUT2D eigenvalue weighted by atomic mass is 19.4. The lowest BCUT2D eigenvalue weighted by Gasteiger charge is -2.38. The molecule has 29 heavy (non-hydrogen) atoms. The molecule has 1 amide bonds. The summed E-state index contributed by atoms with van der Waals surface area (Å²) in [5.41, 5.74) is 0.366. The van der Waals surface area contributed by atoms with E-state index in [-0.39, 0.29) is 11.9 Å². The molecule has 0 saturated carbocycles. The van der Waals surface area contributed by atoms with E-state index in [2.05, 4.69) is 10.3 Å². The van der Waals surface area contributed by atoms with E-state index < -0.39 is 11.7 Å². The first-order valence-electron chi connectivity index (χ1n) is 9.11. The maximum atomic E-state index is 12.7. The fourth-order valence-electron chi connectivity index (χ4n) is 3.12. The van der Waals surface area contributed by atoms with E-state index in [9.17, 15) is 18.0 Å². The zero-order valence-corrected chi connectivity index (χ0v) is 15.8. The van der Waals surface area contributed by atoms with Crippen molar-refractivity contribution in [2.24, 2.45) is 0 Å². The Morgan fingerprint density at radius 1 is 1.14 bits per heavy atom. The van der Waals surface area contributed by atoms with Crippen LogP contribution in [0.25, 0.3) is 0 Å². The van der Waals surface area contributed by atoms with Gasteiger partial charge in [0.05, 0.1) is 23.2 Å². The lowest BCUT2D eigenvalue weighted by Crippen LogP contribution is -2.53. The summed E-state index contributed by atoms with van der Waals surface area (Å²) in [5.74, 6) is 0.336. The van der Waals surface area contributed by atoms with E-state index >= 15 is 0 Å². The van der Waals surface area contributed by atoms with Crippen LogP contribution in [0, 0.1) is 11.3 Å². The van der Waals surface area contributed by atoms with Crippen LogP contribution in [0.2, 0.25) is 0 Å². The number of alkyl halides is 3. The number of hydrogen-bond acceptors (Lipinski definition) is 5. The van der Waals surface area contributed by atoms with Crippen molar-refractivity contribution in [1.82, 2.24) is 9.88 Å². The predicted octanol–water partition coefficient (Wildman–Crippen LogP) is 3.12. The van der Waals surface area contributed by atoms with Gasteiger partial charge in [-0.3, -0.25) is 9.69 Å². The number of hydrogen-bond donors (Lipinski definition) is 1. The lowest BCUT2D eigenvalue weighted by molar-refractivity contribution is -0.137. The number of amides is 1. The topological polar surface area (TPSA) is 72.3 Å². The predicted molar refractivity (Wildman–Crippen MR) is 102 cm³/mol. The fourth-order valence-corrected chi connectivity index (χ4v) is 3.12. The summed E-state index contributed by atoms with van der Waals surface area (Å²) < 4.78 is 38.0. The quantitative estimate of drug-likeness (QED) is 0.849. The zero-order chi connectivity index (χ0) is 21.0. The third kappa shape index (κ3) is 5.03. The minimum absolute atomic E-state index is 0.157. The molecule has 1 aromatic carbocycles. The highest BCUT2D eigenvalue weighted by Crippen LogP contribution is 2.29. The maximum absolute atomic E-state index is 12.7. The van der Waals surface area contributed by atoms with Crippen molar-refractivity contribution in [3.05, 3.63) is 53.7 Å². The van der Waals surface area contributed by atoms with Crippen LogP contribution in [-0.4, -0.2) is 48.0 Å². The number of carbonyl (C=O) groups excluding carboxylic acids is 1. The molecule has 1 fully saturated rings. The Bertz CT molecular complexity index is 882. The van der Waals surface area contributed by atoms with Crippen molar-refractivity contribution in [3.63, 3.8) is 0 Å². The molecule has 1 atom stereocenters. The van der Waals surface area contributed by atoms with Crippen molar-refractivity contribution >= 4 is 17.4 Å². The summed E-state index contributed by atoms with van der Waals surface area (Å²) >= 11 is 0. The van der Waals surface area contributed by atoms with Crippen LogP contribution in [0.3, 0.4) is 0 Å². The minimum atomic E-state index is -4.40. The number of nitrogens with one attached hydrogen (secondary N) is 1. The van der Waals surface area contributed by atoms with Crippen LogP contribution in [0.5, 0.6) is 0 Å². The molecule has 9 heteroatoms. The summed E-state index contributed by atoms with van der Waals surface area (Å²) in [7, 11) is 0. The molecular weight excluding hydrogens is 383 g/mol. The van der Waals surface area contributed by atoms with Crippen molar-refractivity contribution in [2.75, 3.05) is 36.4 Å². The average molecular weight is 403 g/mol. The second-order valence-corrected chi connectivity index (χ2v) is 6.78. The smallest absolute Gasteiger partial charge is 0.354 e. The summed E-state index contributed by atoms with van der Waals surface area (Å²) in [6, 6.07) is 10.7. The first-order chi connectivity index (χ1) is 13.8. The van der Waals surface area contributed by atoms with Gasteiger partial charge in [-0.05, 0) is 43.3 Å². The van der Waals surface area contributed by atoms with Gasteiger partial charge in [0.1, 0.15) is 5.82 Å². The molecule has 0 bridgehead atoms. The normalized spacial score (nSPS) is 16.2. The Hall–Kier alpha value is -3.12. The van der Waals surface area contributed by atoms with Crippen molar-refractivity contribution in [2.45, 2.75) is 19.1 Å². The van der Waals surface area contributed by atoms with E-state index in [4.69, 9.17) is 5.26 Å². The summed E-state index contributed by atoms with van der Waals surface area (Å²) in [6.07, 6.45) is -3.56. The first-order valence-corrected chi connectivity index (χ1v) is 9.11. The molecule has 1 aliphatic heterocycles. The van der Waals surface area contributed by atoms with E-state index in [0.717, 1.165) is 12.3 Å². The Morgan fingerprint density at radius 2 is 1.79 bits per heavy atom. The standard InChI is InChI=1S/C20H20F3N5O/c1-14(19(29)26-17-5-2-15(12-24)3-6-17)27-8-10-28(11-9-27)18-7-4-16(13-25-18)20(21,22)23/h2-7,13-14H,8-11H2,1H3,(H,26,29)/t14-/m1/s1. The fraction of sp³-hybridized carbons (Fsp3) is 0.350. The molecule has 2 heterocycles. The van der Waals surface area contributed by atoms with Gasteiger partial charge in [-0.15, -0.1) is 0 Å². The van der Waals surface area contributed by atoms with Gasteiger partial charge in [-0.2, -0.15) is 18.4 Å².